The van der Waals surface area contributed by atoms with Crippen molar-refractivity contribution in [3.8, 4) is 0 Å². The molecule has 29 heavy (non-hydrogen) atoms. The maximum Gasteiger partial charge on any atom is 0.288 e. The molecular weight excluding hydrogens is 384 g/mol. The number of thiophene rings is 1. The third kappa shape index (κ3) is 3.23. The highest BCUT2D eigenvalue weighted by molar-refractivity contribution is 7.18. The SMILES string of the molecule is O=C(NC(c1ccccc1)c1ccccn1)c1nc2sc3c(c2c(=O)[nH]1)CCC3. The predicted octanol–water partition coefficient (Wildman–Crippen LogP) is 3.39. The Balaban J connectivity index is 1.52. The van der Waals surface area contributed by atoms with Crippen molar-refractivity contribution in [2.45, 2.75) is 25.3 Å². The van der Waals surface area contributed by atoms with E-state index in [0.717, 1.165) is 30.4 Å². The molecule has 0 bridgehead atoms. The molecule has 6 nitrogen and oxygen atoms in total. The lowest BCUT2D eigenvalue weighted by atomic mass is 10.0. The van der Waals surface area contributed by atoms with Gasteiger partial charge in [0.25, 0.3) is 11.5 Å². The van der Waals surface area contributed by atoms with E-state index in [1.165, 1.54) is 16.2 Å². The normalized spacial score (nSPS) is 13.9. The molecule has 3 heterocycles. The highest BCUT2D eigenvalue weighted by atomic mass is 32.1. The summed E-state index contributed by atoms with van der Waals surface area (Å²) in [5.41, 5.74) is 2.47. The van der Waals surface area contributed by atoms with Gasteiger partial charge in [-0.25, -0.2) is 4.98 Å². The maximum absolute atomic E-state index is 13.0. The van der Waals surface area contributed by atoms with Gasteiger partial charge in [-0.3, -0.25) is 14.6 Å². The average Bonchev–Trinajstić information content (AvgIpc) is 3.34. The number of amides is 1. The first-order valence-corrected chi connectivity index (χ1v) is 10.3. The van der Waals surface area contributed by atoms with Crippen LogP contribution in [0.4, 0.5) is 0 Å². The van der Waals surface area contributed by atoms with E-state index in [2.05, 4.69) is 20.3 Å². The first-order valence-electron chi connectivity index (χ1n) is 9.52. The second-order valence-electron chi connectivity index (χ2n) is 7.02. The molecule has 0 fully saturated rings. The number of H-pyrrole nitrogens is 1. The highest BCUT2D eigenvalue weighted by Crippen LogP contribution is 2.34. The minimum atomic E-state index is -0.445. The lowest BCUT2D eigenvalue weighted by Gasteiger charge is -2.18. The Morgan fingerprint density at radius 2 is 1.93 bits per heavy atom. The maximum atomic E-state index is 13.0. The number of fused-ring (bicyclic) bond motifs is 3. The highest BCUT2D eigenvalue weighted by Gasteiger charge is 2.24. The number of carbonyl (C=O) groups is 1. The van der Waals surface area contributed by atoms with Gasteiger partial charge in [0.05, 0.1) is 17.1 Å². The fourth-order valence-corrected chi connectivity index (χ4v) is 5.09. The molecule has 0 radical (unpaired) electrons. The van der Waals surface area contributed by atoms with Gasteiger partial charge in [0.2, 0.25) is 5.82 Å². The van der Waals surface area contributed by atoms with Crippen LogP contribution in [0.1, 0.15) is 44.8 Å². The number of hydrogen-bond donors (Lipinski definition) is 2. The van der Waals surface area contributed by atoms with Crippen molar-refractivity contribution in [1.82, 2.24) is 20.3 Å². The van der Waals surface area contributed by atoms with Gasteiger partial charge in [0, 0.05) is 11.1 Å². The largest absolute Gasteiger partial charge is 0.337 e. The fraction of sp³-hybridized carbons (Fsp3) is 0.182. The van der Waals surface area contributed by atoms with Gasteiger partial charge in [0.1, 0.15) is 4.83 Å². The molecule has 0 aliphatic heterocycles. The van der Waals surface area contributed by atoms with Crippen molar-refractivity contribution in [2.75, 3.05) is 0 Å². The van der Waals surface area contributed by atoms with Crippen molar-refractivity contribution < 1.29 is 4.79 Å². The predicted molar refractivity (Wildman–Crippen MR) is 112 cm³/mol. The van der Waals surface area contributed by atoms with Crippen molar-refractivity contribution in [3.63, 3.8) is 0 Å². The summed E-state index contributed by atoms with van der Waals surface area (Å²) in [5, 5.41) is 3.62. The molecule has 1 aliphatic rings. The number of nitrogens with zero attached hydrogens (tertiary/aromatic N) is 2. The number of pyridine rings is 1. The molecule has 3 aromatic heterocycles. The zero-order valence-electron chi connectivity index (χ0n) is 15.5. The number of benzene rings is 1. The summed E-state index contributed by atoms with van der Waals surface area (Å²) in [6.45, 7) is 0. The minimum absolute atomic E-state index is 0.0271. The summed E-state index contributed by atoms with van der Waals surface area (Å²) in [4.78, 5) is 39.1. The van der Waals surface area contributed by atoms with Gasteiger partial charge in [-0.1, -0.05) is 36.4 Å². The summed E-state index contributed by atoms with van der Waals surface area (Å²) >= 11 is 1.52. The van der Waals surface area contributed by atoms with Gasteiger partial charge in [-0.05, 0) is 42.5 Å². The molecule has 4 aromatic rings. The Labute approximate surface area is 170 Å². The van der Waals surface area contributed by atoms with Crippen LogP contribution in [0.25, 0.3) is 10.2 Å². The van der Waals surface area contributed by atoms with Gasteiger partial charge in [0.15, 0.2) is 0 Å². The Bertz CT molecular complexity index is 1210. The summed E-state index contributed by atoms with van der Waals surface area (Å²) in [5.74, 6) is -0.406. The number of carbonyl (C=O) groups excluding carboxylic acids is 1. The number of aromatic nitrogens is 3. The van der Waals surface area contributed by atoms with Crippen LogP contribution in [0.3, 0.4) is 0 Å². The van der Waals surface area contributed by atoms with Gasteiger partial charge < -0.3 is 10.3 Å². The van der Waals surface area contributed by atoms with Crippen LogP contribution in [0.5, 0.6) is 0 Å². The Morgan fingerprint density at radius 3 is 2.72 bits per heavy atom. The molecular formula is C22H18N4O2S. The lowest BCUT2D eigenvalue weighted by Crippen LogP contribution is -2.32. The molecule has 1 atom stereocenters. The molecule has 0 saturated carbocycles. The van der Waals surface area contributed by atoms with Crippen LogP contribution < -0.4 is 10.9 Å². The van der Waals surface area contributed by atoms with Crippen LogP contribution in [0.2, 0.25) is 0 Å². The second kappa shape index (κ2) is 7.25. The van der Waals surface area contributed by atoms with E-state index >= 15 is 0 Å². The van der Waals surface area contributed by atoms with Crippen LogP contribution >= 0.6 is 11.3 Å². The van der Waals surface area contributed by atoms with E-state index in [0.29, 0.717) is 15.9 Å². The van der Waals surface area contributed by atoms with Crippen molar-refractivity contribution >= 4 is 27.5 Å². The molecule has 1 unspecified atom stereocenters. The molecule has 0 spiro atoms. The van der Waals surface area contributed by atoms with E-state index in [1.54, 1.807) is 6.20 Å². The van der Waals surface area contributed by atoms with Crippen LogP contribution in [-0.2, 0) is 12.8 Å². The second-order valence-corrected chi connectivity index (χ2v) is 8.11. The van der Waals surface area contributed by atoms with Gasteiger partial charge >= 0.3 is 0 Å². The minimum Gasteiger partial charge on any atom is -0.337 e. The topological polar surface area (TPSA) is 87.7 Å². The third-order valence-electron chi connectivity index (χ3n) is 5.18. The zero-order chi connectivity index (χ0) is 19.8. The first-order chi connectivity index (χ1) is 14.2. The Kier molecular flexibility index (Phi) is 4.44. The van der Waals surface area contributed by atoms with E-state index in [4.69, 9.17) is 0 Å². The lowest BCUT2D eigenvalue weighted by molar-refractivity contribution is 0.0932. The molecule has 1 aromatic carbocycles. The smallest absolute Gasteiger partial charge is 0.288 e. The Hall–Kier alpha value is -3.32. The van der Waals surface area contributed by atoms with Crippen molar-refractivity contribution in [1.29, 1.82) is 0 Å². The van der Waals surface area contributed by atoms with Crippen LogP contribution in [0.15, 0.2) is 59.5 Å². The van der Waals surface area contributed by atoms with Crippen molar-refractivity contribution in [2.24, 2.45) is 0 Å². The molecule has 2 N–H and O–H groups in total. The summed E-state index contributed by atoms with van der Waals surface area (Å²) in [6, 6.07) is 14.7. The van der Waals surface area contributed by atoms with E-state index in [9.17, 15) is 9.59 Å². The van der Waals surface area contributed by atoms with Crippen LogP contribution in [-0.4, -0.2) is 20.9 Å². The van der Waals surface area contributed by atoms with E-state index < -0.39 is 11.9 Å². The molecule has 7 heteroatoms. The first kappa shape index (κ1) is 17.8. The molecule has 1 amide bonds. The van der Waals surface area contributed by atoms with Crippen LogP contribution in [0, 0.1) is 0 Å². The third-order valence-corrected chi connectivity index (χ3v) is 6.37. The number of aromatic amines is 1. The zero-order valence-corrected chi connectivity index (χ0v) is 16.3. The fourth-order valence-electron chi connectivity index (χ4n) is 3.83. The molecule has 144 valence electrons. The number of rotatable bonds is 4. The Morgan fingerprint density at radius 1 is 1.10 bits per heavy atom. The average molecular weight is 402 g/mol. The monoisotopic (exact) mass is 402 g/mol. The molecule has 5 rings (SSSR count). The number of hydrogen-bond acceptors (Lipinski definition) is 5. The van der Waals surface area contributed by atoms with E-state index in [1.807, 2.05) is 48.5 Å². The number of aryl methyl sites for hydroxylation is 2. The standard InChI is InChI=1S/C22H18N4O2S/c27-20-17-14-9-6-11-16(14)29-22(17)26-19(25-20)21(28)24-18(13-7-2-1-3-8-13)15-10-4-5-12-23-15/h1-5,7-8,10,12,18H,6,9,11H2,(H,24,28)(H,25,26,27). The van der Waals surface area contributed by atoms with E-state index in [-0.39, 0.29) is 11.4 Å². The summed E-state index contributed by atoms with van der Waals surface area (Å²) in [6.07, 6.45) is 4.65. The van der Waals surface area contributed by atoms with Crippen molar-refractivity contribution in [3.05, 3.63) is 92.6 Å². The van der Waals surface area contributed by atoms with Gasteiger partial charge in [-0.15, -0.1) is 11.3 Å². The van der Waals surface area contributed by atoms with Gasteiger partial charge in [-0.2, -0.15) is 0 Å². The summed E-state index contributed by atoms with van der Waals surface area (Å²) < 4.78 is 0. The summed E-state index contributed by atoms with van der Waals surface area (Å²) in [7, 11) is 0. The molecule has 1 aliphatic carbocycles. The quantitative estimate of drug-likeness (QED) is 0.548. The number of nitrogens with one attached hydrogen (secondary N) is 2. The molecule has 0 saturated heterocycles.